The van der Waals surface area contributed by atoms with Crippen molar-refractivity contribution in [2.45, 2.75) is 30.7 Å². The van der Waals surface area contributed by atoms with Gasteiger partial charge in [-0.3, -0.25) is 4.90 Å². The average molecular weight is 268 g/mol. The van der Waals surface area contributed by atoms with Gasteiger partial charge in [-0.2, -0.15) is 0 Å². The number of sulfonamides is 1. The summed E-state index contributed by atoms with van der Waals surface area (Å²) in [4.78, 5) is 2.66. The monoisotopic (exact) mass is 268 g/mol. The van der Waals surface area contributed by atoms with E-state index in [2.05, 4.69) is 16.5 Å². The zero-order valence-corrected chi connectivity index (χ0v) is 11.5. The third-order valence-corrected chi connectivity index (χ3v) is 4.83. The molecular formula is C13H20N2O2S. The third kappa shape index (κ3) is 3.31. The largest absolute Gasteiger partial charge is 0.299 e. The number of rotatable bonds is 5. The fourth-order valence-electron chi connectivity index (χ4n) is 2.22. The molecule has 1 N–H and O–H groups in total. The molecule has 1 aliphatic heterocycles. The molecule has 5 heteroatoms. The summed E-state index contributed by atoms with van der Waals surface area (Å²) in [6.07, 6.45) is 2.44. The van der Waals surface area contributed by atoms with E-state index in [1.807, 2.05) is 6.07 Å². The second-order valence-electron chi connectivity index (χ2n) is 4.76. The maximum atomic E-state index is 12.0. The van der Waals surface area contributed by atoms with Gasteiger partial charge in [0.15, 0.2) is 0 Å². The molecule has 1 heterocycles. The zero-order chi connectivity index (χ0) is 13.0. The maximum Gasteiger partial charge on any atom is 0.240 e. The van der Waals surface area contributed by atoms with Crippen LogP contribution >= 0.6 is 0 Å². The lowest BCUT2D eigenvalue weighted by molar-refractivity contribution is 0.260. The molecule has 0 bridgehead atoms. The molecular weight excluding hydrogens is 248 g/mol. The Bertz CT molecular complexity index is 467. The Morgan fingerprint density at radius 1 is 1.22 bits per heavy atom. The molecule has 0 spiro atoms. The van der Waals surface area contributed by atoms with Crippen molar-refractivity contribution in [2.24, 2.45) is 0 Å². The van der Waals surface area contributed by atoms with Crippen LogP contribution in [0.15, 0.2) is 35.2 Å². The van der Waals surface area contributed by atoms with E-state index >= 15 is 0 Å². The van der Waals surface area contributed by atoms with Crippen LogP contribution in [-0.4, -0.2) is 39.0 Å². The van der Waals surface area contributed by atoms with Gasteiger partial charge in [-0.25, -0.2) is 13.1 Å². The highest BCUT2D eigenvalue weighted by Crippen LogP contribution is 2.12. The van der Waals surface area contributed by atoms with E-state index < -0.39 is 10.0 Å². The van der Waals surface area contributed by atoms with Crippen LogP contribution in [0.4, 0.5) is 0 Å². The smallest absolute Gasteiger partial charge is 0.240 e. The Balaban J connectivity index is 1.93. The predicted octanol–water partition coefficient (Wildman–Crippen LogP) is 1.45. The number of benzene rings is 1. The number of likely N-dealkylation sites (tertiary alicyclic amines) is 1. The fraction of sp³-hybridized carbons (Fsp3) is 0.538. The van der Waals surface area contributed by atoms with Crippen LogP contribution in [-0.2, 0) is 10.0 Å². The fourth-order valence-corrected chi connectivity index (χ4v) is 3.37. The first-order valence-electron chi connectivity index (χ1n) is 6.38. The maximum absolute atomic E-state index is 12.0. The highest BCUT2D eigenvalue weighted by molar-refractivity contribution is 7.89. The summed E-state index contributed by atoms with van der Waals surface area (Å²) >= 11 is 0. The lowest BCUT2D eigenvalue weighted by atomic mass is 10.3. The molecule has 18 heavy (non-hydrogen) atoms. The minimum atomic E-state index is -3.36. The molecule has 0 saturated carbocycles. The number of nitrogens with zero attached hydrogens (tertiary/aromatic N) is 1. The topological polar surface area (TPSA) is 49.4 Å². The SMILES string of the molecule is CC(CNS(=O)(=O)c1ccccc1)N1CCCC1. The Morgan fingerprint density at radius 3 is 2.44 bits per heavy atom. The molecule has 1 aromatic carbocycles. The standard InChI is InChI=1S/C13H20N2O2S/c1-12(15-9-5-6-10-15)11-14-18(16,17)13-7-3-2-4-8-13/h2-4,7-8,12,14H,5-6,9-11H2,1H3. The van der Waals surface area contributed by atoms with Gasteiger partial charge in [0, 0.05) is 12.6 Å². The van der Waals surface area contributed by atoms with E-state index in [4.69, 9.17) is 0 Å². The van der Waals surface area contributed by atoms with E-state index in [0.29, 0.717) is 11.4 Å². The summed E-state index contributed by atoms with van der Waals surface area (Å²) in [5.41, 5.74) is 0. The summed E-state index contributed by atoms with van der Waals surface area (Å²) in [5, 5.41) is 0. The lowest BCUT2D eigenvalue weighted by Gasteiger charge is -2.23. The molecule has 1 atom stereocenters. The molecule has 100 valence electrons. The van der Waals surface area contributed by atoms with Crippen LogP contribution in [0.25, 0.3) is 0 Å². The summed E-state index contributed by atoms with van der Waals surface area (Å²) < 4.78 is 26.7. The first kappa shape index (κ1) is 13.5. The van der Waals surface area contributed by atoms with Crippen molar-refractivity contribution in [1.82, 2.24) is 9.62 Å². The second kappa shape index (κ2) is 5.82. The number of hydrogen-bond donors (Lipinski definition) is 1. The Kier molecular flexibility index (Phi) is 4.37. The Labute approximate surface area is 109 Å². The first-order valence-corrected chi connectivity index (χ1v) is 7.87. The molecule has 4 nitrogen and oxygen atoms in total. The van der Waals surface area contributed by atoms with Crippen LogP contribution in [0.3, 0.4) is 0 Å². The number of hydrogen-bond acceptors (Lipinski definition) is 3. The van der Waals surface area contributed by atoms with Crippen molar-refractivity contribution in [2.75, 3.05) is 19.6 Å². The summed E-state index contributed by atoms with van der Waals surface area (Å²) in [5.74, 6) is 0. The number of nitrogens with one attached hydrogen (secondary N) is 1. The zero-order valence-electron chi connectivity index (χ0n) is 10.7. The normalized spacial score (nSPS) is 18.9. The average Bonchev–Trinajstić information content (AvgIpc) is 2.91. The predicted molar refractivity (Wildman–Crippen MR) is 71.9 cm³/mol. The van der Waals surface area contributed by atoms with Gasteiger partial charge in [0.2, 0.25) is 10.0 Å². The van der Waals surface area contributed by atoms with Gasteiger partial charge in [-0.05, 0) is 45.0 Å². The Hall–Kier alpha value is -0.910. The summed E-state index contributed by atoms with van der Waals surface area (Å²) in [6.45, 7) is 4.69. The van der Waals surface area contributed by atoms with Gasteiger partial charge in [0.1, 0.15) is 0 Å². The molecule has 1 aliphatic rings. The third-order valence-electron chi connectivity index (χ3n) is 3.39. The quantitative estimate of drug-likeness (QED) is 0.879. The molecule has 2 rings (SSSR count). The van der Waals surface area contributed by atoms with Crippen LogP contribution < -0.4 is 4.72 Å². The summed E-state index contributed by atoms with van der Waals surface area (Å²) in [6, 6.07) is 8.76. The van der Waals surface area contributed by atoms with Gasteiger partial charge in [-0.15, -0.1) is 0 Å². The van der Waals surface area contributed by atoms with Crippen molar-refractivity contribution < 1.29 is 8.42 Å². The molecule has 0 radical (unpaired) electrons. The Morgan fingerprint density at radius 2 is 1.83 bits per heavy atom. The minimum Gasteiger partial charge on any atom is -0.299 e. The van der Waals surface area contributed by atoms with Crippen molar-refractivity contribution in [3.8, 4) is 0 Å². The van der Waals surface area contributed by atoms with Gasteiger partial charge < -0.3 is 0 Å². The van der Waals surface area contributed by atoms with E-state index in [0.717, 1.165) is 13.1 Å². The first-order chi connectivity index (χ1) is 8.59. The van der Waals surface area contributed by atoms with Crippen LogP contribution in [0.5, 0.6) is 0 Å². The van der Waals surface area contributed by atoms with Crippen molar-refractivity contribution >= 4 is 10.0 Å². The minimum absolute atomic E-state index is 0.256. The van der Waals surface area contributed by atoms with Gasteiger partial charge in [-0.1, -0.05) is 18.2 Å². The van der Waals surface area contributed by atoms with Crippen LogP contribution in [0, 0.1) is 0 Å². The van der Waals surface area contributed by atoms with Crippen LogP contribution in [0.1, 0.15) is 19.8 Å². The second-order valence-corrected chi connectivity index (χ2v) is 6.52. The van der Waals surface area contributed by atoms with Crippen molar-refractivity contribution in [3.05, 3.63) is 30.3 Å². The molecule has 1 saturated heterocycles. The van der Waals surface area contributed by atoms with Gasteiger partial charge in [0.05, 0.1) is 4.90 Å². The van der Waals surface area contributed by atoms with E-state index in [9.17, 15) is 8.42 Å². The van der Waals surface area contributed by atoms with Gasteiger partial charge in [0.25, 0.3) is 0 Å². The van der Waals surface area contributed by atoms with Crippen molar-refractivity contribution in [1.29, 1.82) is 0 Å². The molecule has 1 fully saturated rings. The van der Waals surface area contributed by atoms with E-state index in [-0.39, 0.29) is 6.04 Å². The highest BCUT2D eigenvalue weighted by atomic mass is 32.2. The molecule has 0 aliphatic carbocycles. The molecule has 1 aromatic rings. The molecule has 1 unspecified atom stereocenters. The van der Waals surface area contributed by atoms with E-state index in [1.54, 1.807) is 24.3 Å². The van der Waals surface area contributed by atoms with Crippen molar-refractivity contribution in [3.63, 3.8) is 0 Å². The van der Waals surface area contributed by atoms with E-state index in [1.165, 1.54) is 12.8 Å². The molecule has 0 aromatic heterocycles. The summed E-state index contributed by atoms with van der Waals surface area (Å²) in [7, 11) is -3.36. The van der Waals surface area contributed by atoms with Gasteiger partial charge >= 0.3 is 0 Å². The highest BCUT2D eigenvalue weighted by Gasteiger charge is 2.20. The molecule has 0 amide bonds. The lowest BCUT2D eigenvalue weighted by Crippen LogP contribution is -2.40. The van der Waals surface area contributed by atoms with Crippen LogP contribution in [0.2, 0.25) is 0 Å².